The van der Waals surface area contributed by atoms with Crippen LogP contribution < -0.4 is 0 Å². The predicted molar refractivity (Wildman–Crippen MR) is 80.4 cm³/mol. The Morgan fingerprint density at radius 2 is 1.63 bits per heavy atom. The molecular formula is C18H18O. The summed E-state index contributed by atoms with van der Waals surface area (Å²) in [4.78, 5) is 0. The molecule has 3 aromatic rings. The van der Waals surface area contributed by atoms with Gasteiger partial charge in [0.2, 0.25) is 0 Å². The van der Waals surface area contributed by atoms with E-state index >= 15 is 0 Å². The molecule has 2 aromatic carbocycles. The lowest BCUT2D eigenvalue weighted by atomic mass is 9.81. The van der Waals surface area contributed by atoms with Crippen molar-refractivity contribution in [1.82, 2.24) is 0 Å². The molecule has 0 saturated heterocycles. The Kier molecular flexibility index (Phi) is 2.70. The van der Waals surface area contributed by atoms with Gasteiger partial charge in [0.1, 0.15) is 5.76 Å². The topological polar surface area (TPSA) is 13.1 Å². The molecule has 0 amide bonds. The fraction of sp³-hybridized carbons (Fsp3) is 0.222. The molecule has 0 saturated carbocycles. The van der Waals surface area contributed by atoms with Gasteiger partial charge in [-0.05, 0) is 33.9 Å². The van der Waals surface area contributed by atoms with Crippen LogP contribution in [0.4, 0.5) is 0 Å². The molecule has 0 atom stereocenters. The molecule has 0 fully saturated rings. The van der Waals surface area contributed by atoms with Crippen molar-refractivity contribution in [2.24, 2.45) is 0 Å². The molecule has 0 aliphatic rings. The highest BCUT2D eigenvalue weighted by Gasteiger charge is 2.21. The van der Waals surface area contributed by atoms with Gasteiger partial charge in [0.25, 0.3) is 0 Å². The molecule has 1 heterocycles. The molecule has 0 aliphatic heterocycles. The lowest BCUT2D eigenvalue weighted by molar-refractivity contribution is 0.567. The van der Waals surface area contributed by atoms with Crippen molar-refractivity contribution in [2.45, 2.75) is 26.2 Å². The zero-order valence-corrected chi connectivity index (χ0v) is 11.6. The van der Waals surface area contributed by atoms with Crippen molar-refractivity contribution < 1.29 is 4.42 Å². The number of rotatable bonds is 1. The number of fused-ring (bicyclic) bond motifs is 1. The normalized spacial score (nSPS) is 11.9. The monoisotopic (exact) mass is 250 g/mol. The van der Waals surface area contributed by atoms with Crippen LogP contribution in [-0.2, 0) is 5.41 Å². The highest BCUT2D eigenvalue weighted by Crippen LogP contribution is 2.38. The Balaban J connectivity index is 2.42. The Morgan fingerprint density at radius 1 is 0.842 bits per heavy atom. The summed E-state index contributed by atoms with van der Waals surface area (Å²) in [7, 11) is 0. The first kappa shape index (κ1) is 12.0. The zero-order valence-electron chi connectivity index (χ0n) is 11.6. The second-order valence-corrected chi connectivity index (χ2v) is 5.94. The summed E-state index contributed by atoms with van der Waals surface area (Å²) in [6.45, 7) is 6.72. The van der Waals surface area contributed by atoms with Gasteiger partial charge in [-0.15, -0.1) is 0 Å². The first-order chi connectivity index (χ1) is 9.07. The third-order valence-electron chi connectivity index (χ3n) is 3.50. The van der Waals surface area contributed by atoms with E-state index < -0.39 is 0 Å². The van der Waals surface area contributed by atoms with Gasteiger partial charge in [-0.3, -0.25) is 0 Å². The maximum absolute atomic E-state index is 5.66. The van der Waals surface area contributed by atoms with Crippen molar-refractivity contribution in [2.75, 3.05) is 0 Å². The summed E-state index contributed by atoms with van der Waals surface area (Å²) < 4.78 is 5.66. The van der Waals surface area contributed by atoms with Crippen LogP contribution in [0.15, 0.2) is 59.2 Å². The minimum atomic E-state index is 0.0894. The lowest BCUT2D eigenvalue weighted by Crippen LogP contribution is -2.12. The van der Waals surface area contributed by atoms with Crippen LogP contribution in [0.25, 0.3) is 22.1 Å². The van der Waals surface area contributed by atoms with Crippen LogP contribution in [-0.4, -0.2) is 0 Å². The highest BCUT2D eigenvalue weighted by atomic mass is 16.3. The van der Waals surface area contributed by atoms with Crippen LogP contribution in [0.1, 0.15) is 26.3 Å². The molecule has 96 valence electrons. The Morgan fingerprint density at radius 3 is 2.32 bits per heavy atom. The molecule has 0 aliphatic carbocycles. The first-order valence-corrected chi connectivity index (χ1v) is 6.63. The van der Waals surface area contributed by atoms with E-state index in [1.54, 1.807) is 6.26 Å². The summed E-state index contributed by atoms with van der Waals surface area (Å²) in [5.41, 5.74) is 2.63. The van der Waals surface area contributed by atoms with Crippen molar-refractivity contribution in [3.8, 4) is 11.3 Å². The van der Waals surface area contributed by atoms with Gasteiger partial charge in [0.05, 0.1) is 6.26 Å². The van der Waals surface area contributed by atoms with E-state index in [1.807, 2.05) is 12.1 Å². The van der Waals surface area contributed by atoms with Crippen LogP contribution in [0.3, 0.4) is 0 Å². The summed E-state index contributed by atoms with van der Waals surface area (Å²) >= 11 is 0. The summed E-state index contributed by atoms with van der Waals surface area (Å²) in [6, 6.07) is 16.9. The zero-order chi connectivity index (χ0) is 13.5. The highest BCUT2D eigenvalue weighted by molar-refractivity contribution is 5.97. The molecule has 19 heavy (non-hydrogen) atoms. The van der Waals surface area contributed by atoms with Crippen LogP contribution in [0.5, 0.6) is 0 Å². The number of benzene rings is 2. The molecule has 0 radical (unpaired) electrons. The molecule has 0 unspecified atom stereocenters. The molecule has 1 aromatic heterocycles. The summed E-state index contributed by atoms with van der Waals surface area (Å²) in [6.07, 6.45) is 1.74. The maximum Gasteiger partial charge on any atom is 0.134 e. The molecule has 3 rings (SSSR count). The quantitative estimate of drug-likeness (QED) is 0.563. The maximum atomic E-state index is 5.66. The summed E-state index contributed by atoms with van der Waals surface area (Å²) in [5, 5.41) is 2.51. The van der Waals surface area contributed by atoms with Crippen LogP contribution >= 0.6 is 0 Å². The second kappa shape index (κ2) is 4.27. The van der Waals surface area contributed by atoms with E-state index in [0.29, 0.717) is 0 Å². The average Bonchev–Trinajstić information content (AvgIpc) is 2.89. The lowest BCUT2D eigenvalue weighted by Gasteiger charge is -2.23. The Bertz CT molecular complexity index is 700. The first-order valence-electron chi connectivity index (χ1n) is 6.63. The average molecular weight is 250 g/mol. The van der Waals surface area contributed by atoms with Gasteiger partial charge in [0.15, 0.2) is 0 Å². The molecule has 1 nitrogen and oxygen atoms in total. The van der Waals surface area contributed by atoms with Gasteiger partial charge in [-0.2, -0.15) is 0 Å². The van der Waals surface area contributed by atoms with Crippen LogP contribution in [0.2, 0.25) is 0 Å². The second-order valence-electron chi connectivity index (χ2n) is 5.94. The van der Waals surface area contributed by atoms with Gasteiger partial charge in [0, 0.05) is 5.56 Å². The molecule has 0 bridgehead atoms. The standard InChI is InChI=1S/C18H18O/c1-18(2,3)15-11-10-13-7-4-5-8-14(13)17(15)16-9-6-12-19-16/h4-12H,1-3H3. The van der Waals surface area contributed by atoms with Gasteiger partial charge in [-0.25, -0.2) is 0 Å². The third kappa shape index (κ3) is 2.06. The van der Waals surface area contributed by atoms with E-state index in [-0.39, 0.29) is 5.41 Å². The summed E-state index contributed by atoms with van der Waals surface area (Å²) in [5.74, 6) is 0.946. The third-order valence-corrected chi connectivity index (χ3v) is 3.50. The molecule has 1 heteroatoms. The smallest absolute Gasteiger partial charge is 0.134 e. The fourth-order valence-electron chi connectivity index (χ4n) is 2.58. The van der Waals surface area contributed by atoms with Crippen molar-refractivity contribution in [3.05, 3.63) is 60.4 Å². The van der Waals surface area contributed by atoms with Gasteiger partial charge < -0.3 is 4.42 Å². The minimum Gasteiger partial charge on any atom is -0.464 e. The minimum absolute atomic E-state index is 0.0894. The van der Waals surface area contributed by atoms with E-state index in [0.717, 1.165) is 5.76 Å². The van der Waals surface area contributed by atoms with Crippen molar-refractivity contribution >= 4 is 10.8 Å². The van der Waals surface area contributed by atoms with E-state index in [1.165, 1.54) is 21.9 Å². The van der Waals surface area contributed by atoms with Gasteiger partial charge >= 0.3 is 0 Å². The van der Waals surface area contributed by atoms with E-state index in [2.05, 4.69) is 57.2 Å². The number of hydrogen-bond donors (Lipinski definition) is 0. The van der Waals surface area contributed by atoms with Crippen molar-refractivity contribution in [1.29, 1.82) is 0 Å². The SMILES string of the molecule is CC(C)(C)c1ccc2ccccc2c1-c1ccco1. The number of furan rings is 1. The number of hydrogen-bond acceptors (Lipinski definition) is 1. The Hall–Kier alpha value is -2.02. The van der Waals surface area contributed by atoms with E-state index in [9.17, 15) is 0 Å². The molecule has 0 spiro atoms. The van der Waals surface area contributed by atoms with Crippen LogP contribution in [0, 0.1) is 0 Å². The largest absolute Gasteiger partial charge is 0.464 e. The molecular weight excluding hydrogens is 232 g/mol. The van der Waals surface area contributed by atoms with E-state index in [4.69, 9.17) is 4.42 Å². The van der Waals surface area contributed by atoms with Crippen molar-refractivity contribution in [3.63, 3.8) is 0 Å². The molecule has 0 N–H and O–H groups in total. The fourth-order valence-corrected chi connectivity index (χ4v) is 2.58. The predicted octanol–water partition coefficient (Wildman–Crippen LogP) is 5.40. The Labute approximate surface area is 113 Å². The van der Waals surface area contributed by atoms with Gasteiger partial charge in [-0.1, -0.05) is 57.2 Å².